The van der Waals surface area contributed by atoms with Gasteiger partial charge in [0.15, 0.2) is 11.9 Å². The molecular formula is C11H10BrIO4. The molecule has 1 unspecified atom stereocenters. The van der Waals surface area contributed by atoms with Crippen LogP contribution < -0.4 is 0 Å². The van der Waals surface area contributed by atoms with Gasteiger partial charge >= 0.3 is 5.97 Å². The molecule has 0 heterocycles. The summed E-state index contributed by atoms with van der Waals surface area (Å²) in [6.45, 7) is 0. The largest absolute Gasteiger partial charge is 0.479 e. The molecule has 1 aromatic carbocycles. The van der Waals surface area contributed by atoms with Gasteiger partial charge in [-0.3, -0.25) is 4.79 Å². The summed E-state index contributed by atoms with van der Waals surface area (Å²) in [5, 5.41) is 18.8. The maximum Gasteiger partial charge on any atom is 0.337 e. The number of alkyl halides is 1. The molecule has 92 valence electrons. The highest BCUT2D eigenvalue weighted by Crippen LogP contribution is 2.22. The van der Waals surface area contributed by atoms with Crippen LogP contribution in [-0.4, -0.2) is 27.3 Å². The van der Waals surface area contributed by atoms with E-state index in [0.717, 1.165) is 3.57 Å². The van der Waals surface area contributed by atoms with E-state index in [9.17, 15) is 14.7 Å². The Kier molecular flexibility index (Phi) is 5.54. The molecular weight excluding hydrogens is 403 g/mol. The maximum atomic E-state index is 11.8. The van der Waals surface area contributed by atoms with Gasteiger partial charge in [-0.1, -0.05) is 22.0 Å². The number of aliphatic hydroxyl groups is 1. The molecule has 0 saturated heterocycles. The minimum absolute atomic E-state index is 0.142. The van der Waals surface area contributed by atoms with Gasteiger partial charge in [-0.15, -0.1) is 0 Å². The Morgan fingerprint density at radius 1 is 1.41 bits per heavy atom. The van der Waals surface area contributed by atoms with Crippen LogP contribution in [0.1, 0.15) is 28.4 Å². The van der Waals surface area contributed by atoms with Crippen molar-refractivity contribution in [3.63, 3.8) is 0 Å². The summed E-state index contributed by atoms with van der Waals surface area (Å²) >= 11 is 5.19. The predicted molar refractivity (Wildman–Crippen MR) is 74.5 cm³/mol. The number of rotatable bonds is 5. The molecule has 2 N–H and O–H groups in total. The average Bonchev–Trinajstić information content (AvgIpc) is 2.28. The zero-order chi connectivity index (χ0) is 13.0. The average molecular weight is 413 g/mol. The molecule has 0 aromatic heterocycles. The molecule has 0 fully saturated rings. The summed E-state index contributed by atoms with van der Waals surface area (Å²) < 4.78 is 0.821. The van der Waals surface area contributed by atoms with Crippen molar-refractivity contribution in [1.82, 2.24) is 0 Å². The molecule has 0 spiro atoms. The van der Waals surface area contributed by atoms with E-state index in [4.69, 9.17) is 5.11 Å². The molecule has 0 bridgehead atoms. The molecule has 1 rings (SSSR count). The Balaban J connectivity index is 3.21. The van der Waals surface area contributed by atoms with Crippen molar-refractivity contribution >= 4 is 50.3 Å². The fourth-order valence-electron chi connectivity index (χ4n) is 1.36. The van der Waals surface area contributed by atoms with Crippen LogP contribution in [0.4, 0.5) is 0 Å². The number of hydrogen-bond donors (Lipinski definition) is 2. The van der Waals surface area contributed by atoms with Gasteiger partial charge < -0.3 is 10.2 Å². The van der Waals surface area contributed by atoms with E-state index in [1.54, 1.807) is 12.1 Å². The molecule has 0 aliphatic rings. The van der Waals surface area contributed by atoms with Crippen molar-refractivity contribution in [2.45, 2.75) is 12.5 Å². The van der Waals surface area contributed by atoms with Crippen molar-refractivity contribution in [2.24, 2.45) is 0 Å². The minimum atomic E-state index is -1.67. The van der Waals surface area contributed by atoms with E-state index in [1.165, 1.54) is 6.07 Å². The van der Waals surface area contributed by atoms with Crippen LogP contribution in [0.15, 0.2) is 18.2 Å². The Hall–Kier alpha value is -0.470. The van der Waals surface area contributed by atoms with Gasteiger partial charge in [-0.2, -0.15) is 0 Å². The number of halogens is 2. The topological polar surface area (TPSA) is 74.6 Å². The van der Waals surface area contributed by atoms with E-state index in [0.29, 0.717) is 5.33 Å². The molecule has 6 heteroatoms. The van der Waals surface area contributed by atoms with E-state index < -0.39 is 12.1 Å². The first-order chi connectivity index (χ1) is 7.97. The first-order valence-electron chi connectivity index (χ1n) is 4.77. The molecule has 0 saturated carbocycles. The monoisotopic (exact) mass is 412 g/mol. The van der Waals surface area contributed by atoms with Crippen molar-refractivity contribution in [2.75, 3.05) is 5.33 Å². The van der Waals surface area contributed by atoms with E-state index in [2.05, 4.69) is 15.9 Å². The number of carboxylic acid groups (broad SMARTS) is 1. The van der Waals surface area contributed by atoms with Crippen LogP contribution in [0.5, 0.6) is 0 Å². The van der Waals surface area contributed by atoms with Crippen molar-refractivity contribution in [3.8, 4) is 0 Å². The van der Waals surface area contributed by atoms with Gasteiger partial charge in [-0.05, 0) is 34.7 Å². The zero-order valence-electron chi connectivity index (χ0n) is 8.69. The first kappa shape index (κ1) is 14.6. The first-order valence-corrected chi connectivity index (χ1v) is 6.97. The Labute approximate surface area is 120 Å². The number of carbonyl (C=O) groups excluding carboxylic acids is 1. The number of aliphatic carboxylic acids is 1. The van der Waals surface area contributed by atoms with Crippen LogP contribution in [0.25, 0.3) is 0 Å². The van der Waals surface area contributed by atoms with Crippen molar-refractivity contribution in [1.29, 1.82) is 0 Å². The molecule has 1 aromatic rings. The lowest BCUT2D eigenvalue weighted by atomic mass is 9.98. The summed E-state index contributed by atoms with van der Waals surface area (Å²) in [7, 11) is 0. The van der Waals surface area contributed by atoms with Gasteiger partial charge in [0.1, 0.15) is 0 Å². The number of ketones is 1. The highest BCUT2D eigenvalue weighted by molar-refractivity contribution is 14.1. The maximum absolute atomic E-state index is 11.8. The molecule has 0 radical (unpaired) electrons. The summed E-state index contributed by atoms with van der Waals surface area (Å²) in [4.78, 5) is 22.6. The molecule has 0 aliphatic heterocycles. The number of Topliss-reactive ketones (excluding diaryl/α,β-unsaturated/α-hetero) is 1. The number of hydrogen-bond acceptors (Lipinski definition) is 3. The number of carboxylic acids is 1. The van der Waals surface area contributed by atoms with Crippen LogP contribution in [0, 0.1) is 3.57 Å². The van der Waals surface area contributed by atoms with Crippen LogP contribution in [-0.2, 0) is 4.79 Å². The second-order valence-corrected chi connectivity index (χ2v) is 5.37. The quantitative estimate of drug-likeness (QED) is 0.442. The smallest absolute Gasteiger partial charge is 0.337 e. The highest BCUT2D eigenvalue weighted by Gasteiger charge is 2.22. The minimum Gasteiger partial charge on any atom is -0.479 e. The van der Waals surface area contributed by atoms with Gasteiger partial charge in [0.2, 0.25) is 0 Å². The van der Waals surface area contributed by atoms with Gasteiger partial charge in [0.25, 0.3) is 0 Å². The molecule has 0 aliphatic carbocycles. The molecule has 0 amide bonds. The second kappa shape index (κ2) is 6.46. The predicted octanol–water partition coefficient (Wildman–Crippen LogP) is 2.38. The molecule has 4 nitrogen and oxygen atoms in total. The number of benzene rings is 1. The third-order valence-electron chi connectivity index (χ3n) is 2.17. The van der Waals surface area contributed by atoms with Crippen LogP contribution in [0.3, 0.4) is 0 Å². The summed E-state index contributed by atoms with van der Waals surface area (Å²) in [5.41, 5.74) is 0.412. The lowest BCUT2D eigenvalue weighted by molar-refractivity contribution is -0.146. The third-order valence-corrected chi connectivity index (χ3v) is 3.23. The SMILES string of the molecule is O=C(CCBr)c1cc(I)ccc1C(O)C(=O)O. The lowest BCUT2D eigenvalue weighted by Crippen LogP contribution is -2.15. The Morgan fingerprint density at radius 3 is 2.59 bits per heavy atom. The Morgan fingerprint density at radius 2 is 2.06 bits per heavy atom. The third kappa shape index (κ3) is 3.75. The summed E-state index contributed by atoms with van der Waals surface area (Å²) in [6, 6.07) is 4.72. The van der Waals surface area contributed by atoms with Gasteiger partial charge in [-0.25, -0.2) is 4.79 Å². The number of carbonyl (C=O) groups is 2. The fraction of sp³-hybridized carbons (Fsp3) is 0.273. The number of aliphatic hydroxyl groups excluding tert-OH is 1. The van der Waals surface area contributed by atoms with Crippen LogP contribution >= 0.6 is 38.5 Å². The van der Waals surface area contributed by atoms with Gasteiger partial charge in [0.05, 0.1) is 0 Å². The second-order valence-electron chi connectivity index (χ2n) is 3.33. The normalized spacial score (nSPS) is 12.2. The Bertz CT molecular complexity index is 447. The van der Waals surface area contributed by atoms with E-state index in [1.807, 2.05) is 22.6 Å². The zero-order valence-corrected chi connectivity index (χ0v) is 12.4. The molecule has 1 atom stereocenters. The van der Waals surface area contributed by atoms with Crippen molar-refractivity contribution in [3.05, 3.63) is 32.9 Å². The summed E-state index contributed by atoms with van der Waals surface area (Å²) in [6.07, 6.45) is -1.40. The highest BCUT2D eigenvalue weighted by atomic mass is 127. The van der Waals surface area contributed by atoms with E-state index in [-0.39, 0.29) is 23.3 Å². The summed E-state index contributed by atoms with van der Waals surface area (Å²) in [5.74, 6) is -1.55. The molecule has 17 heavy (non-hydrogen) atoms. The van der Waals surface area contributed by atoms with Gasteiger partial charge in [0, 0.05) is 26.4 Å². The standard InChI is InChI=1S/C11H10BrIO4/c12-4-3-9(14)8-5-6(13)1-2-7(8)10(15)11(16)17/h1-2,5,10,15H,3-4H2,(H,16,17). The fourth-order valence-corrected chi connectivity index (χ4v) is 2.21. The van der Waals surface area contributed by atoms with Crippen LogP contribution in [0.2, 0.25) is 0 Å². The lowest BCUT2D eigenvalue weighted by Gasteiger charge is -2.11. The van der Waals surface area contributed by atoms with E-state index >= 15 is 0 Å². The van der Waals surface area contributed by atoms with Crippen molar-refractivity contribution < 1.29 is 19.8 Å².